The lowest BCUT2D eigenvalue weighted by atomic mass is 9.63. The summed E-state index contributed by atoms with van der Waals surface area (Å²) >= 11 is 0. The Kier molecular flexibility index (Phi) is 11.0. The van der Waals surface area contributed by atoms with Crippen LogP contribution in [0.1, 0.15) is 110 Å². The zero-order valence-corrected chi connectivity index (χ0v) is 30.6. The van der Waals surface area contributed by atoms with Gasteiger partial charge in [-0.05, 0) is 62.2 Å². The zero-order valence-electron chi connectivity index (χ0n) is 30.6. The van der Waals surface area contributed by atoms with Gasteiger partial charge in [-0.1, -0.05) is 60.8 Å². The van der Waals surface area contributed by atoms with Crippen molar-refractivity contribution in [3.8, 4) is 0 Å². The minimum Gasteiger partial charge on any atom is -0.347 e. The number of aromatic nitrogens is 2. The number of Topliss-reactive ketones (excluding diaryl/α,β-unsaturated/α-hetero) is 1. The van der Waals surface area contributed by atoms with Gasteiger partial charge in [0.25, 0.3) is 11.8 Å². The van der Waals surface area contributed by atoms with E-state index in [1.807, 2.05) is 48.5 Å². The molecule has 8 atom stereocenters. The molecule has 0 bridgehead atoms. The number of carbonyl (C=O) groups is 6. The SMILES string of the molecule is CCC12CC[C@H]3CN(C(=O)[C@@H](NC(=O)[C@@H](NC(=O)c4cnccn4)C4CCCCC4)C(C)(C)C)[C@H](C(=O)N[C@@H]1C(=O)C(=O)N[C@@H](C)C(C)C)[C@H]32. The van der Waals surface area contributed by atoms with Gasteiger partial charge in [0, 0.05) is 36.3 Å². The normalized spacial score (nSPS) is 28.2. The number of rotatable bonds is 11. The number of hydrogen-bond donors (Lipinski definition) is 4. The number of likely N-dealkylation sites (tertiary alicyclic amines) is 1. The lowest BCUT2D eigenvalue weighted by Crippen LogP contribution is -2.69. The quantitative estimate of drug-likeness (QED) is 0.255. The maximum absolute atomic E-state index is 14.6. The molecular formula is C37H55N7O6. The number of hydrogen-bond acceptors (Lipinski definition) is 8. The first-order chi connectivity index (χ1) is 23.6. The predicted molar refractivity (Wildman–Crippen MR) is 185 cm³/mol. The summed E-state index contributed by atoms with van der Waals surface area (Å²) in [5, 5.41) is 11.6. The molecule has 274 valence electrons. The average molecular weight is 694 g/mol. The molecule has 13 heteroatoms. The Labute approximate surface area is 295 Å². The first kappa shape index (κ1) is 37.4. The van der Waals surface area contributed by atoms with E-state index in [0.29, 0.717) is 25.8 Å². The minimum atomic E-state index is -1.00. The van der Waals surface area contributed by atoms with Gasteiger partial charge in [-0.2, -0.15) is 0 Å². The van der Waals surface area contributed by atoms with E-state index >= 15 is 0 Å². The van der Waals surface area contributed by atoms with Gasteiger partial charge in [0.2, 0.25) is 23.5 Å². The van der Waals surface area contributed by atoms with Crippen LogP contribution in [0.15, 0.2) is 18.6 Å². The molecule has 1 aromatic rings. The van der Waals surface area contributed by atoms with Crippen LogP contribution in [0, 0.1) is 34.5 Å². The molecule has 0 spiro atoms. The molecule has 2 saturated carbocycles. The van der Waals surface area contributed by atoms with E-state index in [4.69, 9.17) is 0 Å². The molecule has 1 unspecified atom stereocenters. The maximum atomic E-state index is 14.6. The molecule has 2 saturated heterocycles. The number of piperidine rings is 1. The van der Waals surface area contributed by atoms with Gasteiger partial charge >= 0.3 is 0 Å². The van der Waals surface area contributed by atoms with Crippen LogP contribution in [0.4, 0.5) is 0 Å². The van der Waals surface area contributed by atoms with E-state index in [2.05, 4.69) is 31.2 Å². The van der Waals surface area contributed by atoms with E-state index in [-0.39, 0.29) is 41.3 Å². The summed E-state index contributed by atoms with van der Waals surface area (Å²) in [7, 11) is 0. The molecule has 5 rings (SSSR count). The molecule has 2 aliphatic heterocycles. The highest BCUT2D eigenvalue weighted by Crippen LogP contribution is 2.59. The third-order valence-electron chi connectivity index (χ3n) is 12.1. The molecule has 4 aliphatic rings. The van der Waals surface area contributed by atoms with Gasteiger partial charge in [0.1, 0.15) is 29.9 Å². The summed E-state index contributed by atoms with van der Waals surface area (Å²) in [5.41, 5.74) is -1.32. The Balaban J connectivity index is 1.39. The molecule has 5 amide bonds. The zero-order chi connectivity index (χ0) is 36.5. The van der Waals surface area contributed by atoms with Crippen molar-refractivity contribution in [1.29, 1.82) is 0 Å². The lowest BCUT2D eigenvalue weighted by Gasteiger charge is -2.48. The number of nitrogens with zero attached hydrogens (tertiary/aromatic N) is 3. The van der Waals surface area contributed by atoms with Crippen molar-refractivity contribution in [3.63, 3.8) is 0 Å². The Morgan fingerprint density at radius 1 is 1.00 bits per heavy atom. The van der Waals surface area contributed by atoms with Crippen LogP contribution in [-0.4, -0.2) is 86.9 Å². The molecule has 0 aromatic carbocycles. The highest BCUT2D eigenvalue weighted by molar-refractivity contribution is 6.39. The van der Waals surface area contributed by atoms with Crippen molar-refractivity contribution in [2.24, 2.45) is 34.5 Å². The topological polar surface area (TPSA) is 180 Å². The van der Waals surface area contributed by atoms with Gasteiger partial charge in [0.05, 0.1) is 6.20 Å². The van der Waals surface area contributed by atoms with Gasteiger partial charge in [-0.25, -0.2) is 4.98 Å². The second kappa shape index (κ2) is 14.8. The Bertz CT molecular complexity index is 1470. The van der Waals surface area contributed by atoms with Crippen LogP contribution in [0.3, 0.4) is 0 Å². The van der Waals surface area contributed by atoms with Crippen molar-refractivity contribution < 1.29 is 28.8 Å². The van der Waals surface area contributed by atoms with E-state index in [9.17, 15) is 28.8 Å². The Morgan fingerprint density at radius 3 is 2.30 bits per heavy atom. The van der Waals surface area contributed by atoms with Gasteiger partial charge < -0.3 is 26.2 Å². The molecule has 4 N–H and O–H groups in total. The second-order valence-corrected chi connectivity index (χ2v) is 16.4. The number of amides is 5. The van der Waals surface area contributed by atoms with Gasteiger partial charge in [-0.15, -0.1) is 0 Å². The fraction of sp³-hybridized carbons (Fsp3) is 0.730. The Hall–Kier alpha value is -3.90. The summed E-state index contributed by atoms with van der Waals surface area (Å²) in [4.78, 5) is 92.5. The highest BCUT2D eigenvalue weighted by Gasteiger charge is 2.67. The molecular weight excluding hydrogens is 638 g/mol. The van der Waals surface area contributed by atoms with E-state index in [1.54, 1.807) is 4.90 Å². The Morgan fingerprint density at radius 2 is 1.70 bits per heavy atom. The fourth-order valence-electron chi connectivity index (χ4n) is 8.91. The summed E-state index contributed by atoms with van der Waals surface area (Å²) < 4.78 is 0. The number of nitrogens with one attached hydrogen (secondary N) is 4. The van der Waals surface area contributed by atoms with Gasteiger partial charge in [0.15, 0.2) is 0 Å². The largest absolute Gasteiger partial charge is 0.347 e. The first-order valence-electron chi connectivity index (χ1n) is 18.4. The predicted octanol–water partition coefficient (Wildman–Crippen LogP) is 2.55. The smallest absolute Gasteiger partial charge is 0.289 e. The second-order valence-electron chi connectivity index (χ2n) is 16.4. The van der Waals surface area contributed by atoms with Gasteiger partial charge in [-0.3, -0.25) is 33.8 Å². The molecule has 4 fully saturated rings. The molecule has 13 nitrogen and oxygen atoms in total. The van der Waals surface area contributed by atoms with Crippen LogP contribution in [0.25, 0.3) is 0 Å². The highest BCUT2D eigenvalue weighted by atomic mass is 16.2. The fourth-order valence-corrected chi connectivity index (χ4v) is 8.91. The third kappa shape index (κ3) is 7.14. The van der Waals surface area contributed by atoms with Crippen molar-refractivity contribution in [1.82, 2.24) is 36.1 Å². The lowest BCUT2D eigenvalue weighted by molar-refractivity contribution is -0.153. The molecule has 2 aliphatic carbocycles. The van der Waals surface area contributed by atoms with E-state index < -0.39 is 64.4 Å². The molecule has 1 aromatic heterocycles. The molecule has 3 heterocycles. The van der Waals surface area contributed by atoms with E-state index in [1.165, 1.54) is 18.6 Å². The van der Waals surface area contributed by atoms with Crippen LogP contribution in [-0.2, 0) is 24.0 Å². The first-order valence-corrected chi connectivity index (χ1v) is 18.4. The van der Waals surface area contributed by atoms with Crippen molar-refractivity contribution in [2.75, 3.05) is 6.54 Å². The summed E-state index contributed by atoms with van der Waals surface area (Å²) in [5.74, 6) is -3.45. The monoisotopic (exact) mass is 693 g/mol. The standard InChI is InChI=1S/C37H55N7O6/c1-8-37-15-14-23-19-44(27(25(23)37)33(48)42-29(37)28(45)34(49)40-21(4)20(2)3)35(50)30(36(5,6)7)43-32(47)26(22-12-10-9-11-13-22)41-31(46)24-18-38-16-17-39-24/h16-18,20-23,25-27,29-30H,8-15,19H2,1-7H3,(H,40,49)(H,41,46)(H,42,48)(H,43,47)/t21-,23-,25-,26-,27-,29+,30+,37?/m0/s1. The van der Waals surface area contributed by atoms with E-state index in [0.717, 1.165) is 32.1 Å². The van der Waals surface area contributed by atoms with Crippen molar-refractivity contribution in [3.05, 3.63) is 24.3 Å². The van der Waals surface area contributed by atoms with Crippen LogP contribution < -0.4 is 21.3 Å². The van der Waals surface area contributed by atoms with Crippen LogP contribution in [0.2, 0.25) is 0 Å². The number of ketones is 1. The van der Waals surface area contributed by atoms with Crippen molar-refractivity contribution >= 4 is 35.3 Å². The molecule has 50 heavy (non-hydrogen) atoms. The van der Waals surface area contributed by atoms with Crippen LogP contribution >= 0.6 is 0 Å². The third-order valence-corrected chi connectivity index (χ3v) is 12.1. The summed E-state index contributed by atoms with van der Waals surface area (Å²) in [6.45, 7) is 13.7. The minimum absolute atomic E-state index is 0.0273. The maximum Gasteiger partial charge on any atom is 0.289 e. The molecule has 0 radical (unpaired) electrons. The summed E-state index contributed by atoms with van der Waals surface area (Å²) in [6, 6.07) is -3.91. The van der Waals surface area contributed by atoms with Crippen LogP contribution in [0.5, 0.6) is 0 Å². The summed E-state index contributed by atoms with van der Waals surface area (Å²) in [6.07, 6.45) is 10.6. The average Bonchev–Trinajstić information content (AvgIpc) is 3.67. The van der Waals surface area contributed by atoms with Crippen molar-refractivity contribution in [2.45, 2.75) is 130 Å². The number of carbonyl (C=O) groups excluding carboxylic acids is 6.